The number of nitrogens with zero attached hydrogens (tertiary/aromatic N) is 2. The predicted octanol–water partition coefficient (Wildman–Crippen LogP) is 2.50. The number of aliphatic hydroxyl groups is 1. The lowest BCUT2D eigenvalue weighted by molar-refractivity contribution is 0.101. The topological polar surface area (TPSA) is 127 Å². The van der Waals surface area contributed by atoms with Gasteiger partial charge in [0, 0.05) is 23.9 Å². The number of nitrogens with two attached hydrogens (primary N) is 1. The number of nitrogens with one attached hydrogen (secondary N) is 1. The summed E-state index contributed by atoms with van der Waals surface area (Å²) in [5, 5.41) is 21.0. The maximum absolute atomic E-state index is 11.1. The van der Waals surface area contributed by atoms with E-state index in [2.05, 4.69) is 55.9 Å². The van der Waals surface area contributed by atoms with Gasteiger partial charge in [0.2, 0.25) is 0 Å². The Balaban J connectivity index is 1.37. The van der Waals surface area contributed by atoms with Crippen LogP contribution in [0.3, 0.4) is 0 Å². The summed E-state index contributed by atoms with van der Waals surface area (Å²) in [6.07, 6.45) is 4.75. The monoisotopic (exact) mass is 452 g/mol. The molecule has 0 spiro atoms. The Morgan fingerprint density at radius 1 is 1.12 bits per heavy atom. The second kappa shape index (κ2) is 8.25. The highest BCUT2D eigenvalue weighted by Crippen LogP contribution is 2.37. The van der Waals surface area contributed by atoms with Crippen molar-refractivity contribution in [3.05, 3.63) is 65.6 Å². The third-order valence-corrected chi connectivity index (χ3v) is 6.69. The predicted molar refractivity (Wildman–Crippen MR) is 123 cm³/mol. The summed E-state index contributed by atoms with van der Waals surface area (Å²) in [7, 11) is -4.03. The first-order valence-corrected chi connectivity index (χ1v) is 12.0. The minimum absolute atomic E-state index is 0.0620. The molecule has 1 heterocycles. The molecule has 1 saturated carbocycles. The summed E-state index contributed by atoms with van der Waals surface area (Å²) in [5.74, 6) is 0.401. The van der Waals surface area contributed by atoms with Crippen molar-refractivity contribution in [3.63, 3.8) is 0 Å². The third kappa shape index (κ3) is 4.24. The fourth-order valence-electron chi connectivity index (χ4n) is 4.70. The molecule has 1 fully saturated rings. The average Bonchev–Trinajstić information content (AvgIpc) is 3.35. The second-order valence-corrected chi connectivity index (χ2v) is 9.59. The van der Waals surface area contributed by atoms with E-state index >= 15 is 0 Å². The Hall–Kier alpha value is -2.85. The summed E-state index contributed by atoms with van der Waals surface area (Å²) in [5.41, 5.74) is 4.28. The molecule has 2 aliphatic rings. The first-order valence-electron chi connectivity index (χ1n) is 10.5. The lowest BCUT2D eigenvalue weighted by atomic mass is 9.98. The molecule has 2 aliphatic carbocycles. The maximum Gasteiger partial charge on any atom is 0.333 e. The van der Waals surface area contributed by atoms with Gasteiger partial charge in [-0.2, -0.15) is 8.42 Å². The second-order valence-electron chi connectivity index (χ2n) is 8.37. The molecule has 0 saturated heterocycles. The molecule has 3 aromatic rings. The summed E-state index contributed by atoms with van der Waals surface area (Å²) >= 11 is 0. The third-order valence-electron chi connectivity index (χ3n) is 6.22. The first-order chi connectivity index (χ1) is 15.4. The molecule has 32 heavy (non-hydrogen) atoms. The summed E-state index contributed by atoms with van der Waals surface area (Å²) in [6, 6.07) is 14.6. The van der Waals surface area contributed by atoms with Gasteiger partial charge in [-0.05, 0) is 40.8 Å². The molecular formula is C23H24N4O4S. The molecule has 166 valence electrons. The van der Waals surface area contributed by atoms with E-state index in [1.54, 1.807) is 6.33 Å². The van der Waals surface area contributed by atoms with Gasteiger partial charge in [0.25, 0.3) is 0 Å². The largest absolute Gasteiger partial charge is 0.393 e. The van der Waals surface area contributed by atoms with Gasteiger partial charge in [0.05, 0.1) is 18.4 Å². The van der Waals surface area contributed by atoms with Gasteiger partial charge >= 0.3 is 10.3 Å². The lowest BCUT2D eigenvalue weighted by Gasteiger charge is -2.15. The van der Waals surface area contributed by atoms with Gasteiger partial charge in [0.1, 0.15) is 12.1 Å². The Labute approximate surface area is 186 Å². The number of benzene rings is 2. The molecule has 0 radical (unpaired) electrons. The Bertz CT molecular complexity index is 1300. The zero-order valence-electron chi connectivity index (χ0n) is 17.3. The molecule has 0 bridgehead atoms. The van der Waals surface area contributed by atoms with Gasteiger partial charge in [-0.3, -0.25) is 4.18 Å². The molecule has 2 aromatic carbocycles. The number of hydrogen-bond acceptors (Lipinski definition) is 7. The Morgan fingerprint density at radius 2 is 1.94 bits per heavy atom. The smallest absolute Gasteiger partial charge is 0.333 e. The van der Waals surface area contributed by atoms with Crippen LogP contribution in [0.2, 0.25) is 0 Å². The molecule has 3 atom stereocenters. The van der Waals surface area contributed by atoms with E-state index < -0.39 is 16.4 Å². The van der Waals surface area contributed by atoms with E-state index in [4.69, 9.17) is 5.14 Å². The molecule has 0 aliphatic heterocycles. The molecule has 0 amide bonds. The summed E-state index contributed by atoms with van der Waals surface area (Å²) in [6.45, 7) is -0.134. The van der Waals surface area contributed by atoms with Crippen LogP contribution in [0.4, 0.5) is 5.82 Å². The van der Waals surface area contributed by atoms with Crippen LogP contribution in [0, 0.1) is 5.92 Å². The van der Waals surface area contributed by atoms with Crippen molar-refractivity contribution in [2.45, 2.75) is 31.4 Å². The van der Waals surface area contributed by atoms with Crippen LogP contribution in [0.25, 0.3) is 22.4 Å². The minimum atomic E-state index is -4.03. The zero-order chi connectivity index (χ0) is 22.3. The van der Waals surface area contributed by atoms with E-state index in [0.717, 1.165) is 23.5 Å². The van der Waals surface area contributed by atoms with Crippen molar-refractivity contribution in [3.8, 4) is 0 Å². The SMILES string of the molecule is NS(=O)(=O)OC[C@@H]1C[C@@H](Nc2ncnc3c2C=C(c2cccc4ccccc24)C3)C[C@@H]1O. The van der Waals surface area contributed by atoms with Crippen LogP contribution < -0.4 is 10.5 Å². The fourth-order valence-corrected chi connectivity index (χ4v) is 5.06. The number of anilines is 1. The van der Waals surface area contributed by atoms with Crippen molar-refractivity contribution < 1.29 is 17.7 Å². The number of aromatic nitrogens is 2. The Kier molecular flexibility index (Phi) is 5.42. The molecule has 5 rings (SSSR count). The van der Waals surface area contributed by atoms with Crippen molar-refractivity contribution in [1.29, 1.82) is 0 Å². The molecule has 9 heteroatoms. The van der Waals surface area contributed by atoms with Crippen LogP contribution in [0.1, 0.15) is 29.7 Å². The number of aliphatic hydroxyl groups excluding tert-OH is 1. The van der Waals surface area contributed by atoms with Crippen LogP contribution in [0.15, 0.2) is 48.8 Å². The fraction of sp³-hybridized carbons (Fsp3) is 0.304. The highest BCUT2D eigenvalue weighted by atomic mass is 32.2. The van der Waals surface area contributed by atoms with Crippen molar-refractivity contribution in [2.24, 2.45) is 11.1 Å². The van der Waals surface area contributed by atoms with Gasteiger partial charge in [-0.15, -0.1) is 0 Å². The van der Waals surface area contributed by atoms with Gasteiger partial charge < -0.3 is 10.4 Å². The van der Waals surface area contributed by atoms with Crippen LogP contribution in [-0.2, 0) is 20.9 Å². The highest BCUT2D eigenvalue weighted by Gasteiger charge is 2.34. The normalized spacial score (nSPS) is 22.7. The summed E-state index contributed by atoms with van der Waals surface area (Å²) in [4.78, 5) is 8.93. The molecular weight excluding hydrogens is 428 g/mol. The highest BCUT2D eigenvalue weighted by molar-refractivity contribution is 7.84. The molecule has 1 aromatic heterocycles. The van der Waals surface area contributed by atoms with E-state index in [9.17, 15) is 13.5 Å². The van der Waals surface area contributed by atoms with Gasteiger partial charge in [-0.1, -0.05) is 42.5 Å². The van der Waals surface area contributed by atoms with Gasteiger partial charge in [-0.25, -0.2) is 15.1 Å². The standard InChI is InChI=1S/C23H24N4O4S/c24-32(29,30)31-12-16-8-17(11-22(16)28)27-23-20-9-15(10-21(20)25-13-26-23)19-7-3-5-14-4-1-2-6-18(14)19/h1-7,9,13,16-17,22,28H,8,10-12H2,(H2,24,29,30)(H,25,26,27)/t16-,17+,22-/m0/s1. The molecule has 4 N–H and O–H groups in total. The summed E-state index contributed by atoms with van der Waals surface area (Å²) < 4.78 is 26.8. The number of rotatable bonds is 6. The van der Waals surface area contributed by atoms with E-state index in [1.165, 1.54) is 21.9 Å². The number of hydrogen-bond donors (Lipinski definition) is 3. The van der Waals surface area contributed by atoms with Gasteiger partial charge in [0.15, 0.2) is 0 Å². The van der Waals surface area contributed by atoms with E-state index in [-0.39, 0.29) is 18.6 Å². The first kappa shape index (κ1) is 21.0. The molecule has 8 nitrogen and oxygen atoms in total. The van der Waals surface area contributed by atoms with Crippen molar-refractivity contribution >= 4 is 38.5 Å². The number of fused-ring (bicyclic) bond motifs is 2. The molecule has 0 unspecified atom stereocenters. The van der Waals surface area contributed by atoms with Crippen molar-refractivity contribution in [1.82, 2.24) is 9.97 Å². The van der Waals surface area contributed by atoms with Crippen LogP contribution in [0.5, 0.6) is 0 Å². The maximum atomic E-state index is 11.1. The van der Waals surface area contributed by atoms with Crippen LogP contribution >= 0.6 is 0 Å². The quantitative estimate of drug-likeness (QED) is 0.524. The van der Waals surface area contributed by atoms with Crippen LogP contribution in [-0.4, -0.2) is 42.2 Å². The van der Waals surface area contributed by atoms with E-state index in [1.807, 2.05) is 12.1 Å². The zero-order valence-corrected chi connectivity index (χ0v) is 18.1. The lowest BCUT2D eigenvalue weighted by Crippen LogP contribution is -2.24. The van der Waals surface area contributed by atoms with Crippen molar-refractivity contribution in [2.75, 3.05) is 11.9 Å². The number of allylic oxidation sites excluding steroid dienone is 1. The Morgan fingerprint density at radius 3 is 2.78 bits per heavy atom. The average molecular weight is 453 g/mol. The minimum Gasteiger partial charge on any atom is -0.393 e. The van der Waals surface area contributed by atoms with E-state index in [0.29, 0.717) is 12.8 Å².